The van der Waals surface area contributed by atoms with E-state index in [-0.39, 0.29) is 24.2 Å². The highest BCUT2D eigenvalue weighted by Crippen LogP contribution is 2.37. The molecule has 1 aliphatic heterocycles. The standard InChI is InChI=1S/C22H19N3O4S/c1-13-8-17(15-6-4-3-5-7-15)25-22(23-13)30-11-21(27)24-18-10-20-19(28-12-29-20)9-16(18)14(2)26/h3-10H,11-12H2,1-2H3,(H,24,27). The Hall–Kier alpha value is -3.39. The molecule has 0 unspecified atom stereocenters. The van der Waals surface area contributed by atoms with Crippen LogP contribution < -0.4 is 14.8 Å². The fraction of sp³-hybridized carbons (Fsp3) is 0.182. The number of aromatic nitrogens is 2. The third-order valence-electron chi connectivity index (χ3n) is 4.40. The Balaban J connectivity index is 1.47. The number of anilines is 1. The Morgan fingerprint density at radius 2 is 1.80 bits per heavy atom. The number of nitrogens with one attached hydrogen (secondary N) is 1. The number of ketones is 1. The number of fused-ring (bicyclic) bond motifs is 1. The van der Waals surface area contributed by atoms with Gasteiger partial charge >= 0.3 is 0 Å². The average molecular weight is 421 g/mol. The van der Waals surface area contributed by atoms with E-state index in [1.807, 2.05) is 43.3 Å². The van der Waals surface area contributed by atoms with Gasteiger partial charge in [-0.05, 0) is 26.0 Å². The number of ether oxygens (including phenoxy) is 2. The Morgan fingerprint density at radius 1 is 1.07 bits per heavy atom. The van der Waals surface area contributed by atoms with Gasteiger partial charge in [0.15, 0.2) is 22.4 Å². The van der Waals surface area contributed by atoms with E-state index in [9.17, 15) is 9.59 Å². The molecule has 152 valence electrons. The molecular weight excluding hydrogens is 402 g/mol. The molecule has 1 aromatic heterocycles. The van der Waals surface area contributed by atoms with Crippen molar-refractivity contribution >= 4 is 29.1 Å². The minimum absolute atomic E-state index is 0.0916. The molecule has 0 aliphatic carbocycles. The van der Waals surface area contributed by atoms with Crippen molar-refractivity contribution in [1.29, 1.82) is 0 Å². The van der Waals surface area contributed by atoms with Crippen LogP contribution in [0.1, 0.15) is 23.0 Å². The van der Waals surface area contributed by atoms with Crippen LogP contribution in [0.4, 0.5) is 5.69 Å². The summed E-state index contributed by atoms with van der Waals surface area (Å²) in [6.07, 6.45) is 0. The highest BCUT2D eigenvalue weighted by Gasteiger charge is 2.20. The molecule has 3 aromatic rings. The van der Waals surface area contributed by atoms with Gasteiger partial charge in [0.1, 0.15) is 0 Å². The van der Waals surface area contributed by atoms with E-state index >= 15 is 0 Å². The lowest BCUT2D eigenvalue weighted by atomic mass is 10.1. The quantitative estimate of drug-likeness (QED) is 0.364. The maximum atomic E-state index is 12.5. The summed E-state index contributed by atoms with van der Waals surface area (Å²) in [5, 5.41) is 3.30. The van der Waals surface area contributed by atoms with Crippen LogP contribution >= 0.6 is 11.8 Å². The zero-order valence-corrected chi connectivity index (χ0v) is 17.3. The molecule has 4 rings (SSSR count). The van der Waals surface area contributed by atoms with E-state index in [0.717, 1.165) is 17.0 Å². The zero-order chi connectivity index (χ0) is 21.1. The minimum Gasteiger partial charge on any atom is -0.454 e. The van der Waals surface area contributed by atoms with Crippen LogP contribution in [0.15, 0.2) is 53.7 Å². The number of carbonyl (C=O) groups is 2. The lowest BCUT2D eigenvalue weighted by molar-refractivity contribution is -0.113. The molecule has 2 heterocycles. The van der Waals surface area contributed by atoms with Crippen LogP contribution in [0.2, 0.25) is 0 Å². The number of hydrogen-bond acceptors (Lipinski definition) is 7. The SMILES string of the molecule is CC(=O)c1cc2c(cc1NC(=O)CSc1nc(C)cc(-c3ccccc3)n1)OCO2. The van der Waals surface area contributed by atoms with Gasteiger partial charge in [-0.25, -0.2) is 9.97 Å². The molecular formula is C22H19N3O4S. The summed E-state index contributed by atoms with van der Waals surface area (Å²) in [6, 6.07) is 14.9. The first kappa shape index (κ1) is 19.9. The maximum absolute atomic E-state index is 12.5. The first-order chi connectivity index (χ1) is 14.5. The van der Waals surface area contributed by atoms with Crippen molar-refractivity contribution < 1.29 is 19.1 Å². The van der Waals surface area contributed by atoms with Crippen molar-refractivity contribution in [2.24, 2.45) is 0 Å². The number of nitrogens with zero attached hydrogens (tertiary/aromatic N) is 2. The molecule has 30 heavy (non-hydrogen) atoms. The highest BCUT2D eigenvalue weighted by molar-refractivity contribution is 7.99. The number of aryl methyl sites for hydroxylation is 1. The molecule has 8 heteroatoms. The molecule has 0 fully saturated rings. The topological polar surface area (TPSA) is 90.4 Å². The van der Waals surface area contributed by atoms with Crippen molar-refractivity contribution in [2.75, 3.05) is 17.9 Å². The van der Waals surface area contributed by atoms with Crippen LogP contribution in [0.3, 0.4) is 0 Å². The molecule has 0 radical (unpaired) electrons. The van der Waals surface area contributed by atoms with E-state index in [0.29, 0.717) is 27.9 Å². The second-order valence-electron chi connectivity index (χ2n) is 6.69. The number of rotatable bonds is 6. The zero-order valence-electron chi connectivity index (χ0n) is 16.5. The van der Waals surface area contributed by atoms with Crippen LogP contribution in [-0.4, -0.2) is 34.2 Å². The second-order valence-corrected chi connectivity index (χ2v) is 7.63. The smallest absolute Gasteiger partial charge is 0.234 e. The Kier molecular flexibility index (Phi) is 5.67. The molecule has 7 nitrogen and oxygen atoms in total. The monoisotopic (exact) mass is 421 g/mol. The van der Waals surface area contributed by atoms with Crippen molar-refractivity contribution in [2.45, 2.75) is 19.0 Å². The molecule has 0 saturated carbocycles. The van der Waals surface area contributed by atoms with Gasteiger partial charge in [-0.15, -0.1) is 0 Å². The number of hydrogen-bond donors (Lipinski definition) is 1. The van der Waals surface area contributed by atoms with Gasteiger partial charge in [-0.3, -0.25) is 9.59 Å². The number of amides is 1. The number of Topliss-reactive ketones (excluding diaryl/α,β-unsaturated/α-hetero) is 1. The second kappa shape index (κ2) is 8.54. The van der Waals surface area contributed by atoms with Crippen molar-refractivity contribution in [3.8, 4) is 22.8 Å². The van der Waals surface area contributed by atoms with Gasteiger partial charge in [-0.1, -0.05) is 42.1 Å². The van der Waals surface area contributed by atoms with E-state index < -0.39 is 0 Å². The summed E-state index contributed by atoms with van der Waals surface area (Å²) in [6.45, 7) is 3.42. The lowest BCUT2D eigenvalue weighted by Crippen LogP contribution is -2.16. The average Bonchev–Trinajstić information content (AvgIpc) is 3.19. The summed E-state index contributed by atoms with van der Waals surface area (Å²) < 4.78 is 10.6. The third kappa shape index (κ3) is 4.44. The van der Waals surface area contributed by atoms with Crippen molar-refractivity contribution in [3.05, 3.63) is 59.8 Å². The molecule has 1 N–H and O–H groups in total. The summed E-state index contributed by atoms with van der Waals surface area (Å²) >= 11 is 1.24. The van der Waals surface area contributed by atoms with Crippen LogP contribution in [0.5, 0.6) is 11.5 Å². The summed E-state index contributed by atoms with van der Waals surface area (Å²) in [7, 11) is 0. The van der Waals surface area contributed by atoms with Gasteiger partial charge in [0, 0.05) is 22.9 Å². The van der Waals surface area contributed by atoms with Crippen LogP contribution in [-0.2, 0) is 4.79 Å². The van der Waals surface area contributed by atoms with Gasteiger partial charge in [0.25, 0.3) is 0 Å². The van der Waals surface area contributed by atoms with E-state index in [4.69, 9.17) is 9.47 Å². The molecule has 0 bridgehead atoms. The number of carbonyl (C=O) groups excluding carboxylic acids is 2. The van der Waals surface area contributed by atoms with Gasteiger partial charge in [-0.2, -0.15) is 0 Å². The van der Waals surface area contributed by atoms with Crippen molar-refractivity contribution in [3.63, 3.8) is 0 Å². The molecule has 0 spiro atoms. The fourth-order valence-corrected chi connectivity index (χ4v) is 3.72. The van der Waals surface area contributed by atoms with Crippen LogP contribution in [0.25, 0.3) is 11.3 Å². The normalized spacial score (nSPS) is 11.9. The van der Waals surface area contributed by atoms with E-state index in [2.05, 4.69) is 15.3 Å². The van der Waals surface area contributed by atoms with Crippen molar-refractivity contribution in [1.82, 2.24) is 9.97 Å². The molecule has 1 amide bonds. The van der Waals surface area contributed by atoms with Gasteiger partial charge in [0.2, 0.25) is 12.7 Å². The maximum Gasteiger partial charge on any atom is 0.234 e. The number of thioether (sulfide) groups is 1. The molecule has 1 aliphatic rings. The van der Waals surface area contributed by atoms with Gasteiger partial charge < -0.3 is 14.8 Å². The fourth-order valence-electron chi connectivity index (χ4n) is 3.02. The molecule has 0 atom stereocenters. The van der Waals surface area contributed by atoms with E-state index in [1.54, 1.807) is 12.1 Å². The first-order valence-electron chi connectivity index (χ1n) is 9.28. The third-order valence-corrected chi connectivity index (χ3v) is 5.25. The first-order valence-corrected chi connectivity index (χ1v) is 10.3. The molecule has 0 saturated heterocycles. The summed E-state index contributed by atoms with van der Waals surface area (Å²) in [5.74, 6) is 0.647. The predicted molar refractivity (Wildman–Crippen MR) is 114 cm³/mol. The predicted octanol–water partition coefficient (Wildman–Crippen LogP) is 4.11. The molecule has 2 aromatic carbocycles. The Bertz CT molecular complexity index is 1120. The largest absolute Gasteiger partial charge is 0.454 e. The summed E-state index contributed by atoms with van der Waals surface area (Å²) in [5.41, 5.74) is 3.38. The summed E-state index contributed by atoms with van der Waals surface area (Å²) in [4.78, 5) is 33.5. The number of benzene rings is 2. The lowest BCUT2D eigenvalue weighted by Gasteiger charge is -2.11. The van der Waals surface area contributed by atoms with Gasteiger partial charge in [0.05, 0.1) is 17.1 Å². The minimum atomic E-state index is -0.271. The Labute approximate surface area is 177 Å². The van der Waals surface area contributed by atoms with E-state index in [1.165, 1.54) is 18.7 Å². The Morgan fingerprint density at radius 3 is 2.53 bits per heavy atom. The van der Waals surface area contributed by atoms with Crippen LogP contribution in [0, 0.1) is 6.92 Å². The highest BCUT2D eigenvalue weighted by atomic mass is 32.2.